The predicted molar refractivity (Wildman–Crippen MR) is 48.9 cm³/mol. The first-order valence-corrected chi connectivity index (χ1v) is 4.42. The van der Waals surface area contributed by atoms with Gasteiger partial charge in [-0.3, -0.25) is 0 Å². The van der Waals surface area contributed by atoms with Crippen LogP contribution in [0.3, 0.4) is 0 Å². The maximum absolute atomic E-state index is 5.16. The quantitative estimate of drug-likeness (QED) is 0.585. The Hall–Kier alpha value is -0.0800. The first kappa shape index (κ1) is 10.9. The maximum atomic E-state index is 5.16. The fraction of sp³-hybridized carbons (Fsp3) is 1.00. The number of rotatable bonds is 6. The van der Waals surface area contributed by atoms with Crippen LogP contribution in [0.4, 0.5) is 0 Å². The lowest BCUT2D eigenvalue weighted by Gasteiger charge is -2.19. The van der Waals surface area contributed by atoms with Crippen molar-refractivity contribution in [2.45, 2.75) is 32.8 Å². The molecule has 0 aliphatic heterocycles. The van der Waals surface area contributed by atoms with Crippen LogP contribution in [0, 0.1) is 0 Å². The second kappa shape index (κ2) is 6.62. The van der Waals surface area contributed by atoms with Gasteiger partial charge < -0.3 is 9.64 Å². The van der Waals surface area contributed by atoms with Gasteiger partial charge in [0.15, 0.2) is 0 Å². The lowest BCUT2D eigenvalue weighted by Crippen LogP contribution is -2.29. The fourth-order valence-corrected chi connectivity index (χ4v) is 1.03. The highest BCUT2D eigenvalue weighted by Crippen LogP contribution is 1.95. The fourth-order valence-electron chi connectivity index (χ4n) is 1.03. The van der Waals surface area contributed by atoms with Crippen LogP contribution in [0.25, 0.3) is 0 Å². The van der Waals surface area contributed by atoms with Gasteiger partial charge in [-0.05, 0) is 26.9 Å². The van der Waals surface area contributed by atoms with Crippen molar-refractivity contribution in [1.82, 2.24) is 4.90 Å². The van der Waals surface area contributed by atoms with Crippen molar-refractivity contribution >= 4 is 0 Å². The zero-order valence-electron chi connectivity index (χ0n) is 8.26. The van der Waals surface area contributed by atoms with Gasteiger partial charge in [-0.2, -0.15) is 0 Å². The molecule has 0 radical (unpaired) electrons. The van der Waals surface area contributed by atoms with Crippen LogP contribution in [-0.4, -0.2) is 38.3 Å². The molecular formula is C9H21NO. The molecule has 2 heteroatoms. The van der Waals surface area contributed by atoms with Crippen molar-refractivity contribution in [3.8, 4) is 0 Å². The average molecular weight is 159 g/mol. The molecule has 0 fully saturated rings. The third-order valence-corrected chi connectivity index (χ3v) is 1.86. The van der Waals surface area contributed by atoms with Crippen molar-refractivity contribution in [2.75, 3.05) is 27.2 Å². The van der Waals surface area contributed by atoms with E-state index in [2.05, 4.69) is 25.8 Å². The molecular weight excluding hydrogens is 138 g/mol. The predicted octanol–water partition coefficient (Wildman–Crippen LogP) is 1.75. The summed E-state index contributed by atoms with van der Waals surface area (Å²) in [5.41, 5.74) is 0. The minimum atomic E-state index is 0.358. The van der Waals surface area contributed by atoms with E-state index in [-0.39, 0.29) is 0 Å². The second-order valence-electron chi connectivity index (χ2n) is 3.16. The standard InChI is InChI=1S/C9H21NO/c1-5-6-7-10(3)8-9(2)11-4/h9H,5-8H2,1-4H3. The molecule has 0 N–H and O–H groups in total. The summed E-state index contributed by atoms with van der Waals surface area (Å²) < 4.78 is 5.16. The summed E-state index contributed by atoms with van der Waals surface area (Å²) in [7, 11) is 3.91. The third kappa shape index (κ3) is 6.32. The minimum absolute atomic E-state index is 0.358. The third-order valence-electron chi connectivity index (χ3n) is 1.86. The smallest absolute Gasteiger partial charge is 0.0669 e. The van der Waals surface area contributed by atoms with Crippen molar-refractivity contribution in [1.29, 1.82) is 0 Å². The second-order valence-corrected chi connectivity index (χ2v) is 3.16. The zero-order valence-corrected chi connectivity index (χ0v) is 8.26. The molecule has 1 unspecified atom stereocenters. The summed E-state index contributed by atoms with van der Waals surface area (Å²) in [4.78, 5) is 2.32. The van der Waals surface area contributed by atoms with Gasteiger partial charge in [-0.1, -0.05) is 13.3 Å². The molecule has 0 saturated heterocycles. The molecule has 0 aliphatic rings. The lowest BCUT2D eigenvalue weighted by atomic mass is 10.3. The molecule has 0 aliphatic carbocycles. The van der Waals surface area contributed by atoms with Crippen LogP contribution in [-0.2, 0) is 4.74 Å². The van der Waals surface area contributed by atoms with E-state index >= 15 is 0 Å². The van der Waals surface area contributed by atoms with Crippen LogP contribution in [0.5, 0.6) is 0 Å². The van der Waals surface area contributed by atoms with E-state index < -0.39 is 0 Å². The number of nitrogens with zero attached hydrogens (tertiary/aromatic N) is 1. The molecule has 2 nitrogen and oxygen atoms in total. The SMILES string of the molecule is CCCCN(C)CC(C)OC. The lowest BCUT2D eigenvalue weighted by molar-refractivity contribution is 0.0853. The summed E-state index contributed by atoms with van der Waals surface area (Å²) in [6.45, 7) is 6.54. The van der Waals surface area contributed by atoms with Crippen LogP contribution in [0.15, 0.2) is 0 Å². The highest BCUT2D eigenvalue weighted by molar-refractivity contribution is 4.56. The van der Waals surface area contributed by atoms with E-state index in [4.69, 9.17) is 4.74 Å². The number of hydrogen-bond acceptors (Lipinski definition) is 2. The van der Waals surface area contributed by atoms with E-state index in [1.165, 1.54) is 19.4 Å². The Morgan fingerprint density at radius 3 is 2.55 bits per heavy atom. The summed E-state index contributed by atoms with van der Waals surface area (Å²) in [6, 6.07) is 0. The van der Waals surface area contributed by atoms with Crippen molar-refractivity contribution in [3.05, 3.63) is 0 Å². The average Bonchev–Trinajstić information content (AvgIpc) is 2.00. The van der Waals surface area contributed by atoms with Gasteiger partial charge in [0.2, 0.25) is 0 Å². The molecule has 0 rings (SSSR count). The molecule has 1 atom stereocenters. The Morgan fingerprint density at radius 2 is 2.09 bits per heavy atom. The Kier molecular flexibility index (Phi) is 6.57. The van der Waals surface area contributed by atoms with Crippen molar-refractivity contribution < 1.29 is 4.74 Å². The van der Waals surface area contributed by atoms with Gasteiger partial charge in [-0.15, -0.1) is 0 Å². The maximum Gasteiger partial charge on any atom is 0.0669 e. The summed E-state index contributed by atoms with van der Waals surface area (Å²) >= 11 is 0. The van der Waals surface area contributed by atoms with E-state index in [0.717, 1.165) is 6.54 Å². The van der Waals surface area contributed by atoms with Crippen molar-refractivity contribution in [2.24, 2.45) is 0 Å². The van der Waals surface area contributed by atoms with Gasteiger partial charge in [0.25, 0.3) is 0 Å². The topological polar surface area (TPSA) is 12.5 Å². The van der Waals surface area contributed by atoms with Gasteiger partial charge in [0, 0.05) is 13.7 Å². The summed E-state index contributed by atoms with van der Waals surface area (Å²) in [6.07, 6.45) is 2.91. The highest BCUT2D eigenvalue weighted by Gasteiger charge is 2.03. The monoisotopic (exact) mass is 159 g/mol. The Balaban J connectivity index is 3.27. The zero-order chi connectivity index (χ0) is 8.69. The van der Waals surface area contributed by atoms with E-state index in [1.807, 2.05) is 0 Å². The number of ether oxygens (including phenoxy) is 1. The van der Waals surface area contributed by atoms with E-state index in [1.54, 1.807) is 7.11 Å². The number of likely N-dealkylation sites (N-methyl/N-ethyl adjacent to an activating group) is 1. The van der Waals surface area contributed by atoms with Gasteiger partial charge in [0.05, 0.1) is 6.10 Å². The summed E-state index contributed by atoms with van der Waals surface area (Å²) in [5, 5.41) is 0. The Bertz CT molecular complexity index is 85.6. The van der Waals surface area contributed by atoms with Crippen LogP contribution >= 0.6 is 0 Å². The van der Waals surface area contributed by atoms with Crippen LogP contribution in [0.2, 0.25) is 0 Å². The molecule has 11 heavy (non-hydrogen) atoms. The number of hydrogen-bond donors (Lipinski definition) is 0. The Morgan fingerprint density at radius 1 is 1.45 bits per heavy atom. The molecule has 0 aromatic carbocycles. The molecule has 0 heterocycles. The van der Waals surface area contributed by atoms with Crippen molar-refractivity contribution in [3.63, 3.8) is 0 Å². The number of unbranched alkanes of at least 4 members (excludes halogenated alkanes) is 1. The van der Waals surface area contributed by atoms with Crippen LogP contribution in [0.1, 0.15) is 26.7 Å². The normalized spacial score (nSPS) is 13.9. The van der Waals surface area contributed by atoms with Gasteiger partial charge in [0.1, 0.15) is 0 Å². The molecule has 0 spiro atoms. The first-order chi connectivity index (χ1) is 5.20. The number of methoxy groups -OCH3 is 1. The molecule has 0 amide bonds. The van der Waals surface area contributed by atoms with E-state index in [0.29, 0.717) is 6.10 Å². The Labute approximate surface area is 70.5 Å². The highest BCUT2D eigenvalue weighted by atomic mass is 16.5. The van der Waals surface area contributed by atoms with Crippen LogP contribution < -0.4 is 0 Å². The molecule has 0 aromatic heterocycles. The molecule has 0 saturated carbocycles. The minimum Gasteiger partial charge on any atom is -0.380 e. The van der Waals surface area contributed by atoms with Gasteiger partial charge >= 0.3 is 0 Å². The first-order valence-electron chi connectivity index (χ1n) is 4.42. The van der Waals surface area contributed by atoms with Gasteiger partial charge in [-0.25, -0.2) is 0 Å². The molecule has 0 aromatic rings. The largest absolute Gasteiger partial charge is 0.380 e. The molecule has 68 valence electrons. The summed E-state index contributed by atoms with van der Waals surface area (Å²) in [5.74, 6) is 0. The van der Waals surface area contributed by atoms with E-state index in [9.17, 15) is 0 Å². The molecule has 0 bridgehead atoms.